The van der Waals surface area contributed by atoms with E-state index < -0.39 is 5.92 Å². The van der Waals surface area contributed by atoms with Crippen molar-refractivity contribution in [2.24, 2.45) is 0 Å². The molecule has 2 aromatic carbocycles. The smallest absolute Gasteiger partial charge is 0.285 e. The molecule has 0 spiro atoms. The normalized spacial score (nSPS) is 15.3. The Kier molecular flexibility index (Phi) is 5.59. The Balaban J connectivity index is 1.59. The van der Waals surface area contributed by atoms with Crippen molar-refractivity contribution in [3.05, 3.63) is 101 Å². The fourth-order valence-corrected chi connectivity index (χ4v) is 4.19. The van der Waals surface area contributed by atoms with Crippen molar-refractivity contribution in [2.45, 2.75) is 5.92 Å². The zero-order valence-corrected chi connectivity index (χ0v) is 16.8. The second kappa shape index (κ2) is 8.46. The van der Waals surface area contributed by atoms with E-state index >= 15 is 0 Å². The lowest BCUT2D eigenvalue weighted by Crippen LogP contribution is -2.46. The van der Waals surface area contributed by atoms with E-state index in [1.165, 1.54) is 6.26 Å². The topological polar surface area (TPSA) is 62.6 Å². The summed E-state index contributed by atoms with van der Waals surface area (Å²) in [7, 11) is 0. The summed E-state index contributed by atoms with van der Waals surface area (Å²) in [4.78, 5) is 26.4. The van der Waals surface area contributed by atoms with Crippen molar-refractivity contribution in [2.75, 3.05) is 0 Å². The minimum Gasteiger partial charge on any atom is -0.465 e. The summed E-state index contributed by atoms with van der Waals surface area (Å²) in [5.41, 5.74) is 4.35. The third kappa shape index (κ3) is 4.16. The number of benzene rings is 2. The van der Waals surface area contributed by atoms with Crippen LogP contribution in [0.15, 0.2) is 88.4 Å². The monoisotopic (exact) mass is 420 g/mol. The van der Waals surface area contributed by atoms with Gasteiger partial charge in [0.1, 0.15) is 5.76 Å². The molecule has 0 unspecified atom stereocenters. The Morgan fingerprint density at radius 1 is 1.00 bits per heavy atom. The number of nitrogens with one attached hydrogen (secondary N) is 1. The summed E-state index contributed by atoms with van der Waals surface area (Å²) in [6, 6.07) is 22.3. The molecule has 2 amide bonds. The predicted molar refractivity (Wildman–Crippen MR) is 117 cm³/mol. The lowest BCUT2D eigenvalue weighted by Gasteiger charge is -2.22. The van der Waals surface area contributed by atoms with Gasteiger partial charge in [0.25, 0.3) is 11.8 Å². The molecular formula is C22H16N2O3S2. The summed E-state index contributed by atoms with van der Waals surface area (Å²) >= 11 is 6.43. The Morgan fingerprint density at radius 2 is 1.62 bits per heavy atom. The van der Waals surface area contributed by atoms with E-state index in [0.29, 0.717) is 10.7 Å². The van der Waals surface area contributed by atoms with E-state index in [4.69, 9.17) is 16.6 Å². The number of rotatable bonds is 5. The second-order valence-electron chi connectivity index (χ2n) is 6.26. The zero-order chi connectivity index (χ0) is 20.2. The van der Waals surface area contributed by atoms with E-state index in [2.05, 4.69) is 5.43 Å². The highest BCUT2D eigenvalue weighted by Gasteiger charge is 2.35. The van der Waals surface area contributed by atoms with Crippen LogP contribution in [0.25, 0.3) is 6.08 Å². The first kappa shape index (κ1) is 19.2. The number of carbonyl (C=O) groups is 2. The Bertz CT molecular complexity index is 1020. The molecule has 7 heteroatoms. The minimum absolute atomic E-state index is 0.265. The predicted octanol–water partition coefficient (Wildman–Crippen LogP) is 4.34. The molecule has 1 aliphatic heterocycles. The number of thioether (sulfide) groups is 1. The van der Waals surface area contributed by atoms with Gasteiger partial charge in [0.15, 0.2) is 4.32 Å². The zero-order valence-electron chi connectivity index (χ0n) is 15.1. The highest BCUT2D eigenvalue weighted by Crippen LogP contribution is 2.32. The third-order valence-corrected chi connectivity index (χ3v) is 5.66. The summed E-state index contributed by atoms with van der Waals surface area (Å²) in [5, 5.41) is 1.12. The van der Waals surface area contributed by atoms with Crippen molar-refractivity contribution >= 4 is 46.2 Å². The van der Waals surface area contributed by atoms with Crippen LogP contribution in [-0.4, -0.2) is 21.1 Å². The molecule has 5 nitrogen and oxygen atoms in total. The van der Waals surface area contributed by atoms with Crippen LogP contribution in [0.3, 0.4) is 0 Å². The molecule has 1 fully saturated rings. The van der Waals surface area contributed by atoms with Crippen molar-refractivity contribution in [3.8, 4) is 0 Å². The number of amides is 2. The van der Waals surface area contributed by atoms with Gasteiger partial charge in [-0.05, 0) is 35.5 Å². The van der Waals surface area contributed by atoms with Gasteiger partial charge < -0.3 is 4.42 Å². The first-order valence-electron chi connectivity index (χ1n) is 8.85. The van der Waals surface area contributed by atoms with E-state index in [0.717, 1.165) is 27.9 Å². The van der Waals surface area contributed by atoms with Gasteiger partial charge in [0.2, 0.25) is 0 Å². The number of nitrogens with zero attached hydrogens (tertiary/aromatic N) is 1. The average molecular weight is 421 g/mol. The summed E-state index contributed by atoms with van der Waals surface area (Å²) in [5.74, 6) is -0.748. The van der Waals surface area contributed by atoms with Gasteiger partial charge in [0.05, 0.1) is 17.1 Å². The molecule has 0 saturated carbocycles. The first-order valence-corrected chi connectivity index (χ1v) is 10.1. The Hall–Kier alpha value is -3.16. The third-order valence-electron chi connectivity index (χ3n) is 4.36. The van der Waals surface area contributed by atoms with Gasteiger partial charge in [-0.2, -0.15) is 5.01 Å². The van der Waals surface area contributed by atoms with Crippen LogP contribution in [0, 0.1) is 0 Å². The van der Waals surface area contributed by atoms with Crippen LogP contribution in [0.2, 0.25) is 0 Å². The molecule has 1 N–H and O–H groups in total. The number of hydrogen-bond acceptors (Lipinski definition) is 5. The largest absolute Gasteiger partial charge is 0.465 e. The van der Waals surface area contributed by atoms with E-state index in [-0.39, 0.29) is 16.1 Å². The second-order valence-corrected chi connectivity index (χ2v) is 7.94. The standard InChI is InChI=1S/C22H16N2O3S2/c25-20(19(15-8-3-1-4-9-15)16-10-5-2-6-11-16)23-24-21(26)18(29-22(24)28)14-17-12-7-13-27-17/h1-14,19H,(H,23,25). The highest BCUT2D eigenvalue weighted by molar-refractivity contribution is 8.26. The molecule has 3 aromatic rings. The molecule has 1 saturated heterocycles. The molecule has 0 bridgehead atoms. The van der Waals surface area contributed by atoms with Crippen LogP contribution < -0.4 is 5.43 Å². The maximum atomic E-state index is 13.2. The maximum absolute atomic E-state index is 13.2. The summed E-state index contributed by atoms with van der Waals surface area (Å²) < 4.78 is 5.52. The number of hydrazine groups is 1. The Morgan fingerprint density at radius 3 is 2.17 bits per heavy atom. The van der Waals surface area contributed by atoms with Crippen molar-refractivity contribution < 1.29 is 14.0 Å². The molecule has 1 aromatic heterocycles. The van der Waals surface area contributed by atoms with Crippen LogP contribution in [-0.2, 0) is 9.59 Å². The molecular weight excluding hydrogens is 404 g/mol. The van der Waals surface area contributed by atoms with Crippen molar-refractivity contribution in [1.29, 1.82) is 0 Å². The van der Waals surface area contributed by atoms with Gasteiger partial charge in [-0.25, -0.2) is 0 Å². The number of hydrogen-bond donors (Lipinski definition) is 1. The molecule has 2 heterocycles. The lowest BCUT2D eigenvalue weighted by molar-refractivity contribution is -0.133. The molecule has 0 atom stereocenters. The van der Waals surface area contributed by atoms with Gasteiger partial charge in [0, 0.05) is 6.08 Å². The van der Waals surface area contributed by atoms with Crippen LogP contribution >= 0.6 is 24.0 Å². The quantitative estimate of drug-likeness (QED) is 0.491. The number of thiocarbonyl (C=S) groups is 1. The maximum Gasteiger partial charge on any atom is 0.285 e. The fraction of sp³-hybridized carbons (Fsp3) is 0.0455. The van der Waals surface area contributed by atoms with Gasteiger partial charge in [-0.15, -0.1) is 0 Å². The van der Waals surface area contributed by atoms with Gasteiger partial charge >= 0.3 is 0 Å². The Labute approximate surface area is 177 Å². The van der Waals surface area contributed by atoms with Crippen molar-refractivity contribution in [1.82, 2.24) is 10.4 Å². The van der Waals surface area contributed by atoms with Crippen LogP contribution in [0.1, 0.15) is 22.8 Å². The van der Waals surface area contributed by atoms with E-state index in [1.807, 2.05) is 60.7 Å². The SMILES string of the molecule is O=C(NN1C(=O)C(=Cc2ccco2)SC1=S)C(c1ccccc1)c1ccccc1. The van der Waals surface area contributed by atoms with Crippen molar-refractivity contribution in [3.63, 3.8) is 0 Å². The molecule has 0 aliphatic carbocycles. The molecule has 29 heavy (non-hydrogen) atoms. The molecule has 144 valence electrons. The van der Waals surface area contributed by atoms with Gasteiger partial charge in [-0.1, -0.05) is 72.4 Å². The van der Waals surface area contributed by atoms with Crippen LogP contribution in [0.4, 0.5) is 0 Å². The molecule has 4 rings (SSSR count). The molecule has 1 aliphatic rings. The fourth-order valence-electron chi connectivity index (χ4n) is 3.03. The van der Waals surface area contributed by atoms with Crippen LogP contribution in [0.5, 0.6) is 0 Å². The molecule has 0 radical (unpaired) electrons. The van der Waals surface area contributed by atoms with E-state index in [9.17, 15) is 9.59 Å². The number of furan rings is 1. The van der Waals surface area contributed by atoms with Gasteiger partial charge in [-0.3, -0.25) is 15.0 Å². The summed E-state index contributed by atoms with van der Waals surface area (Å²) in [6.07, 6.45) is 3.13. The summed E-state index contributed by atoms with van der Waals surface area (Å²) in [6.45, 7) is 0. The average Bonchev–Trinajstić information content (AvgIpc) is 3.34. The first-order chi connectivity index (χ1) is 14.1. The minimum atomic E-state index is -0.573. The lowest BCUT2D eigenvalue weighted by atomic mass is 9.91. The van der Waals surface area contributed by atoms with E-state index in [1.54, 1.807) is 18.2 Å². The highest BCUT2D eigenvalue weighted by atomic mass is 32.2. The number of carbonyl (C=O) groups excluding carboxylic acids is 2.